The average molecular weight is 479 g/mol. The molecule has 1 aliphatic carbocycles. The quantitative estimate of drug-likeness (QED) is 0.512. The molecule has 34 heavy (non-hydrogen) atoms. The van der Waals surface area contributed by atoms with Gasteiger partial charge in [-0.05, 0) is 73.6 Å². The van der Waals surface area contributed by atoms with Crippen molar-refractivity contribution in [1.29, 1.82) is 0 Å². The molecule has 1 aliphatic rings. The van der Waals surface area contributed by atoms with Gasteiger partial charge in [0.25, 0.3) is 10.0 Å². The molecule has 4 rings (SSSR count). The Morgan fingerprint density at radius 3 is 2.44 bits per heavy atom. The molecule has 6 nitrogen and oxygen atoms in total. The number of sulfonamides is 1. The minimum Gasteiger partial charge on any atom is -0.497 e. The van der Waals surface area contributed by atoms with Crippen LogP contribution in [0.3, 0.4) is 0 Å². The minimum atomic E-state index is -3.97. The van der Waals surface area contributed by atoms with Crippen LogP contribution in [0.1, 0.15) is 42.5 Å². The van der Waals surface area contributed by atoms with Crippen molar-refractivity contribution >= 4 is 21.6 Å². The lowest BCUT2D eigenvalue weighted by Gasteiger charge is -2.26. The monoisotopic (exact) mass is 478 g/mol. The van der Waals surface area contributed by atoms with Crippen molar-refractivity contribution in [2.24, 2.45) is 0 Å². The van der Waals surface area contributed by atoms with Gasteiger partial charge >= 0.3 is 0 Å². The van der Waals surface area contributed by atoms with Crippen LogP contribution >= 0.6 is 0 Å². The Bertz CT molecular complexity index is 1260. The average Bonchev–Trinajstić information content (AvgIpc) is 2.87. The highest BCUT2D eigenvalue weighted by atomic mass is 32.2. The van der Waals surface area contributed by atoms with E-state index in [1.165, 1.54) is 43.2 Å². The van der Waals surface area contributed by atoms with Crippen molar-refractivity contribution in [2.45, 2.75) is 43.5 Å². The van der Waals surface area contributed by atoms with Crippen LogP contribution in [0.2, 0.25) is 0 Å². The lowest BCUT2D eigenvalue weighted by atomic mass is 9.89. The van der Waals surface area contributed by atoms with E-state index in [1.807, 2.05) is 6.92 Å². The van der Waals surface area contributed by atoms with E-state index in [-0.39, 0.29) is 23.4 Å². The van der Waals surface area contributed by atoms with Crippen molar-refractivity contribution in [2.75, 3.05) is 18.0 Å². The van der Waals surface area contributed by atoms with Crippen molar-refractivity contribution in [3.8, 4) is 5.75 Å². The van der Waals surface area contributed by atoms with Crippen molar-refractivity contribution < 1.29 is 17.9 Å². The fourth-order valence-corrected chi connectivity index (χ4v) is 5.76. The molecule has 1 amide bonds. The highest BCUT2D eigenvalue weighted by Gasteiger charge is 2.28. The number of ether oxygens (including phenoxy) is 1. The summed E-state index contributed by atoms with van der Waals surface area (Å²) < 4.78 is 33.4. The van der Waals surface area contributed by atoms with Gasteiger partial charge in [0.15, 0.2) is 0 Å². The Balaban J connectivity index is 1.58. The Morgan fingerprint density at radius 1 is 0.971 bits per heavy atom. The second kappa shape index (κ2) is 10.3. The second-order valence-electron chi connectivity index (χ2n) is 8.55. The first kappa shape index (κ1) is 23.8. The smallest absolute Gasteiger partial charge is 0.264 e. The Kier molecular flexibility index (Phi) is 7.22. The summed E-state index contributed by atoms with van der Waals surface area (Å²) in [4.78, 5) is 13.2. The lowest BCUT2D eigenvalue weighted by molar-refractivity contribution is -0.120. The molecule has 3 aromatic rings. The molecule has 3 aromatic carbocycles. The van der Waals surface area contributed by atoms with Crippen LogP contribution in [0.5, 0.6) is 5.75 Å². The van der Waals surface area contributed by atoms with Gasteiger partial charge in [0.2, 0.25) is 5.91 Å². The first-order chi connectivity index (χ1) is 16.4. The molecule has 0 fully saturated rings. The topological polar surface area (TPSA) is 75.7 Å². The summed E-state index contributed by atoms with van der Waals surface area (Å²) in [6.45, 7) is 1.57. The van der Waals surface area contributed by atoms with Gasteiger partial charge in [-0.2, -0.15) is 0 Å². The van der Waals surface area contributed by atoms with Gasteiger partial charge in [0.1, 0.15) is 12.3 Å². The zero-order chi connectivity index (χ0) is 24.1. The van der Waals surface area contributed by atoms with Crippen LogP contribution in [0.15, 0.2) is 77.7 Å². The molecule has 0 heterocycles. The van der Waals surface area contributed by atoms with Crippen LogP contribution in [-0.4, -0.2) is 28.0 Å². The highest BCUT2D eigenvalue weighted by Crippen LogP contribution is 2.28. The summed E-state index contributed by atoms with van der Waals surface area (Å²) in [6.07, 6.45) is 4.56. The molecule has 0 unspecified atom stereocenters. The molecule has 7 heteroatoms. The predicted molar refractivity (Wildman–Crippen MR) is 134 cm³/mol. The molecule has 0 bridgehead atoms. The molecule has 0 aromatic heterocycles. The van der Waals surface area contributed by atoms with Crippen LogP contribution in [-0.2, 0) is 27.7 Å². The first-order valence-corrected chi connectivity index (χ1v) is 13.0. The van der Waals surface area contributed by atoms with Gasteiger partial charge in [0, 0.05) is 6.07 Å². The number of carbonyl (C=O) groups is 1. The fraction of sp³-hybridized carbons (Fsp3) is 0.296. The third-order valence-electron chi connectivity index (χ3n) is 6.21. The number of anilines is 1. The fourth-order valence-electron chi connectivity index (χ4n) is 4.32. The standard InChI is InChI=1S/C27H30N2O4S/c1-20(22-16-15-21-9-6-7-10-23(21)17-22)28-27(30)19-29(24-11-8-12-25(18-24)33-2)34(31,32)26-13-4-3-5-14-26/h3-5,8,11-18,20H,6-7,9-10,19H2,1-2H3,(H,28,30)/t20-/m0/s1. The Labute approximate surface area is 201 Å². The normalized spacial score (nSPS) is 14.1. The van der Waals surface area contributed by atoms with E-state index in [4.69, 9.17) is 4.74 Å². The summed E-state index contributed by atoms with van der Waals surface area (Å²) in [6, 6.07) is 20.9. The highest BCUT2D eigenvalue weighted by molar-refractivity contribution is 7.92. The van der Waals surface area contributed by atoms with Crippen molar-refractivity contribution in [3.05, 3.63) is 89.5 Å². The Hall–Kier alpha value is -3.32. The zero-order valence-electron chi connectivity index (χ0n) is 19.5. The van der Waals surface area contributed by atoms with Crippen LogP contribution in [0, 0.1) is 0 Å². The molecule has 0 saturated carbocycles. The molecule has 0 radical (unpaired) electrons. The first-order valence-electron chi connectivity index (χ1n) is 11.5. The summed E-state index contributed by atoms with van der Waals surface area (Å²) >= 11 is 0. The zero-order valence-corrected chi connectivity index (χ0v) is 20.3. The predicted octanol–water partition coefficient (Wildman–Crippen LogP) is 4.65. The number of fused-ring (bicyclic) bond motifs is 1. The number of nitrogens with zero attached hydrogens (tertiary/aromatic N) is 1. The van der Waals surface area contributed by atoms with Crippen LogP contribution in [0.25, 0.3) is 0 Å². The van der Waals surface area contributed by atoms with E-state index in [1.54, 1.807) is 42.5 Å². The van der Waals surface area contributed by atoms with Crippen molar-refractivity contribution in [3.63, 3.8) is 0 Å². The molecule has 1 N–H and O–H groups in total. The summed E-state index contributed by atoms with van der Waals surface area (Å²) in [5, 5.41) is 2.98. The number of carbonyl (C=O) groups excluding carboxylic acids is 1. The molecule has 0 saturated heterocycles. The Morgan fingerprint density at radius 2 is 1.71 bits per heavy atom. The second-order valence-corrected chi connectivity index (χ2v) is 10.4. The maximum Gasteiger partial charge on any atom is 0.264 e. The largest absolute Gasteiger partial charge is 0.497 e. The number of hydrogen-bond donors (Lipinski definition) is 1. The van der Waals surface area contributed by atoms with Crippen LogP contribution in [0.4, 0.5) is 5.69 Å². The van der Waals surface area contributed by atoms with Gasteiger partial charge in [0.05, 0.1) is 23.7 Å². The van der Waals surface area contributed by atoms with Crippen LogP contribution < -0.4 is 14.4 Å². The molecular weight excluding hydrogens is 448 g/mol. The van der Waals surface area contributed by atoms with E-state index < -0.39 is 10.0 Å². The molecule has 178 valence electrons. The number of amides is 1. The van der Waals surface area contributed by atoms with Gasteiger partial charge < -0.3 is 10.1 Å². The molecule has 0 aliphatic heterocycles. The van der Waals surface area contributed by atoms with E-state index in [0.717, 1.165) is 22.7 Å². The number of nitrogens with one attached hydrogen (secondary N) is 1. The number of aryl methyl sites for hydroxylation is 2. The van der Waals surface area contributed by atoms with E-state index in [9.17, 15) is 13.2 Å². The third-order valence-corrected chi connectivity index (χ3v) is 8.00. The minimum absolute atomic E-state index is 0.119. The maximum absolute atomic E-state index is 13.5. The molecule has 0 spiro atoms. The third kappa shape index (κ3) is 5.25. The van der Waals surface area contributed by atoms with Gasteiger partial charge in [-0.25, -0.2) is 8.42 Å². The number of hydrogen-bond acceptors (Lipinski definition) is 4. The van der Waals surface area contributed by atoms with E-state index >= 15 is 0 Å². The number of rotatable bonds is 8. The van der Waals surface area contributed by atoms with Crippen molar-refractivity contribution in [1.82, 2.24) is 5.32 Å². The number of benzene rings is 3. The SMILES string of the molecule is COc1cccc(N(CC(=O)N[C@@H](C)c2ccc3c(c2)CCCC3)S(=O)(=O)c2ccccc2)c1. The molecule has 1 atom stereocenters. The van der Waals surface area contributed by atoms with Gasteiger partial charge in [-0.15, -0.1) is 0 Å². The summed E-state index contributed by atoms with van der Waals surface area (Å²) in [7, 11) is -2.45. The summed E-state index contributed by atoms with van der Waals surface area (Å²) in [5.41, 5.74) is 4.11. The number of methoxy groups -OCH3 is 1. The lowest BCUT2D eigenvalue weighted by Crippen LogP contribution is -2.41. The van der Waals surface area contributed by atoms with E-state index in [2.05, 4.69) is 23.5 Å². The van der Waals surface area contributed by atoms with E-state index in [0.29, 0.717) is 11.4 Å². The van der Waals surface area contributed by atoms with Gasteiger partial charge in [-0.1, -0.05) is 42.5 Å². The molecular formula is C27H30N2O4S. The summed E-state index contributed by atoms with van der Waals surface area (Å²) in [5.74, 6) is 0.126. The maximum atomic E-state index is 13.5. The van der Waals surface area contributed by atoms with Gasteiger partial charge in [-0.3, -0.25) is 9.10 Å².